The molecule has 2 N–H and O–H groups in total. The molecule has 0 spiro atoms. The van der Waals surface area contributed by atoms with Gasteiger partial charge in [-0.3, -0.25) is 0 Å². The molecule has 2 aromatic rings. The van der Waals surface area contributed by atoms with E-state index in [4.69, 9.17) is 0 Å². The molecule has 0 aliphatic rings. The Kier molecular flexibility index (Phi) is 3.99. The molecule has 0 fully saturated rings. The summed E-state index contributed by atoms with van der Waals surface area (Å²) >= 11 is 0. The van der Waals surface area contributed by atoms with Gasteiger partial charge < -0.3 is 10.4 Å². The molecule has 1 atom stereocenters. The molecule has 20 heavy (non-hydrogen) atoms. The lowest BCUT2D eigenvalue weighted by Gasteiger charge is -2.16. The average Bonchev–Trinajstić information content (AvgIpc) is 2.38. The lowest BCUT2D eigenvalue weighted by molar-refractivity contribution is 0.474. The van der Waals surface area contributed by atoms with Crippen molar-refractivity contribution < 1.29 is 13.5 Å². The number of aromatic hydroxyl groups is 1. The highest BCUT2D eigenvalue weighted by Crippen LogP contribution is 2.23. The molecule has 2 rings (SSSR count). The third-order valence-corrected chi connectivity index (χ3v) is 4.16. The van der Waals surface area contributed by atoms with Crippen LogP contribution in [-0.2, 0) is 9.84 Å². The first-order chi connectivity index (χ1) is 9.36. The lowest BCUT2D eigenvalue weighted by atomic mass is 10.1. The fourth-order valence-electron chi connectivity index (χ4n) is 1.93. The molecule has 1 unspecified atom stereocenters. The number of benzene rings is 2. The van der Waals surface area contributed by atoms with Crippen molar-refractivity contribution in [1.82, 2.24) is 0 Å². The topological polar surface area (TPSA) is 66.4 Å². The predicted molar refractivity (Wildman–Crippen MR) is 79.7 cm³/mol. The van der Waals surface area contributed by atoms with Gasteiger partial charge in [0.25, 0.3) is 0 Å². The van der Waals surface area contributed by atoms with E-state index in [0.717, 1.165) is 11.3 Å². The summed E-state index contributed by atoms with van der Waals surface area (Å²) in [5, 5.41) is 12.7. The summed E-state index contributed by atoms with van der Waals surface area (Å²) in [6, 6.07) is 13.6. The van der Waals surface area contributed by atoms with Gasteiger partial charge in [0.15, 0.2) is 9.84 Å². The first-order valence-electron chi connectivity index (χ1n) is 6.22. The van der Waals surface area contributed by atoms with E-state index < -0.39 is 9.84 Å². The fraction of sp³-hybridized carbons (Fsp3) is 0.200. The van der Waals surface area contributed by atoms with Gasteiger partial charge in [-0.05, 0) is 48.9 Å². The van der Waals surface area contributed by atoms with Crippen molar-refractivity contribution >= 4 is 15.5 Å². The van der Waals surface area contributed by atoms with Crippen LogP contribution in [0.1, 0.15) is 18.5 Å². The summed E-state index contributed by atoms with van der Waals surface area (Å²) < 4.78 is 22.8. The van der Waals surface area contributed by atoms with Crippen molar-refractivity contribution in [3.05, 3.63) is 54.1 Å². The molecule has 0 heterocycles. The molecule has 4 nitrogen and oxygen atoms in total. The van der Waals surface area contributed by atoms with Crippen LogP contribution in [-0.4, -0.2) is 19.8 Å². The molecule has 0 amide bonds. The molecular formula is C15H17NO3S. The van der Waals surface area contributed by atoms with Crippen molar-refractivity contribution in [3.63, 3.8) is 0 Å². The number of phenols is 1. The number of phenolic OH excluding ortho intramolecular Hbond substituents is 1. The maximum Gasteiger partial charge on any atom is 0.175 e. The molecule has 0 aliphatic carbocycles. The number of rotatable bonds is 4. The Morgan fingerprint density at radius 3 is 2.30 bits per heavy atom. The number of anilines is 1. The average molecular weight is 291 g/mol. The van der Waals surface area contributed by atoms with Crippen molar-refractivity contribution in [1.29, 1.82) is 0 Å². The van der Waals surface area contributed by atoms with E-state index in [-0.39, 0.29) is 11.8 Å². The van der Waals surface area contributed by atoms with E-state index >= 15 is 0 Å². The number of nitrogens with one attached hydrogen (secondary N) is 1. The molecule has 0 aliphatic heterocycles. The van der Waals surface area contributed by atoms with Crippen LogP contribution in [0.5, 0.6) is 5.75 Å². The van der Waals surface area contributed by atoms with Crippen LogP contribution in [0.4, 0.5) is 5.69 Å². The van der Waals surface area contributed by atoms with Gasteiger partial charge in [-0.2, -0.15) is 0 Å². The van der Waals surface area contributed by atoms with Gasteiger partial charge in [0.1, 0.15) is 5.75 Å². The first-order valence-corrected chi connectivity index (χ1v) is 8.11. The second-order valence-corrected chi connectivity index (χ2v) is 6.77. The van der Waals surface area contributed by atoms with Crippen LogP contribution >= 0.6 is 0 Å². The molecule has 106 valence electrons. The largest absolute Gasteiger partial charge is 0.508 e. The number of hydrogen-bond acceptors (Lipinski definition) is 4. The first kappa shape index (κ1) is 14.4. The summed E-state index contributed by atoms with van der Waals surface area (Å²) in [6.45, 7) is 1.97. The highest BCUT2D eigenvalue weighted by molar-refractivity contribution is 7.90. The van der Waals surface area contributed by atoms with Gasteiger partial charge in [-0.25, -0.2) is 8.42 Å². The molecule has 2 aromatic carbocycles. The van der Waals surface area contributed by atoms with Crippen LogP contribution in [0.2, 0.25) is 0 Å². The van der Waals surface area contributed by atoms with Crippen molar-refractivity contribution in [2.75, 3.05) is 11.6 Å². The highest BCUT2D eigenvalue weighted by atomic mass is 32.2. The van der Waals surface area contributed by atoms with Gasteiger partial charge in [-0.15, -0.1) is 0 Å². The lowest BCUT2D eigenvalue weighted by Crippen LogP contribution is -2.06. The maximum absolute atomic E-state index is 11.4. The van der Waals surface area contributed by atoms with Gasteiger partial charge in [0.05, 0.1) is 4.90 Å². The predicted octanol–water partition coefficient (Wildman–Crippen LogP) is 2.97. The highest BCUT2D eigenvalue weighted by Gasteiger charge is 2.08. The van der Waals surface area contributed by atoms with Crippen LogP contribution in [0.25, 0.3) is 0 Å². The Morgan fingerprint density at radius 2 is 1.75 bits per heavy atom. The smallest absolute Gasteiger partial charge is 0.175 e. The zero-order valence-corrected chi connectivity index (χ0v) is 12.2. The van der Waals surface area contributed by atoms with Crippen molar-refractivity contribution in [2.45, 2.75) is 17.9 Å². The molecule has 5 heteroatoms. The Balaban J connectivity index is 2.14. The van der Waals surface area contributed by atoms with E-state index in [2.05, 4.69) is 5.32 Å². The molecule has 0 bridgehead atoms. The van der Waals surface area contributed by atoms with Gasteiger partial charge >= 0.3 is 0 Å². The summed E-state index contributed by atoms with van der Waals surface area (Å²) in [4.78, 5) is 0.299. The minimum Gasteiger partial charge on any atom is -0.508 e. The van der Waals surface area contributed by atoms with Gasteiger partial charge in [0, 0.05) is 18.0 Å². The van der Waals surface area contributed by atoms with Crippen molar-refractivity contribution in [2.24, 2.45) is 0 Å². The Labute approximate surface area is 119 Å². The van der Waals surface area contributed by atoms with E-state index in [9.17, 15) is 13.5 Å². The maximum atomic E-state index is 11.4. The van der Waals surface area contributed by atoms with Gasteiger partial charge in [-0.1, -0.05) is 12.1 Å². The summed E-state index contributed by atoms with van der Waals surface area (Å²) in [5.74, 6) is 0.226. The molecule has 0 aromatic heterocycles. The van der Waals surface area contributed by atoms with Crippen LogP contribution in [0.15, 0.2) is 53.4 Å². The van der Waals surface area contributed by atoms with E-state index in [1.807, 2.05) is 13.0 Å². The molecular weight excluding hydrogens is 274 g/mol. The van der Waals surface area contributed by atoms with Crippen LogP contribution in [0.3, 0.4) is 0 Å². The molecule has 0 saturated carbocycles. The Bertz CT molecular complexity index is 693. The minimum absolute atomic E-state index is 0.00573. The number of hydrogen-bond donors (Lipinski definition) is 2. The van der Waals surface area contributed by atoms with E-state index in [0.29, 0.717) is 4.90 Å². The van der Waals surface area contributed by atoms with Crippen LogP contribution in [0, 0.1) is 0 Å². The normalized spacial score (nSPS) is 12.9. The third-order valence-electron chi connectivity index (χ3n) is 3.04. The minimum atomic E-state index is -3.17. The van der Waals surface area contributed by atoms with E-state index in [1.165, 1.54) is 6.26 Å². The second kappa shape index (κ2) is 5.54. The monoisotopic (exact) mass is 291 g/mol. The Morgan fingerprint density at radius 1 is 1.10 bits per heavy atom. The fourth-order valence-corrected chi connectivity index (χ4v) is 2.56. The van der Waals surface area contributed by atoms with Crippen molar-refractivity contribution in [3.8, 4) is 5.75 Å². The zero-order chi connectivity index (χ0) is 14.8. The van der Waals surface area contributed by atoms with Gasteiger partial charge in [0.2, 0.25) is 0 Å². The standard InChI is InChI=1S/C15H17NO3S/c1-11(12-4-3-5-14(17)10-12)16-13-6-8-15(9-7-13)20(2,18)19/h3-11,16-17H,1-2H3. The number of sulfone groups is 1. The summed E-state index contributed by atoms with van der Waals surface area (Å²) in [6.07, 6.45) is 1.19. The SMILES string of the molecule is CC(Nc1ccc(S(C)(=O)=O)cc1)c1cccc(O)c1. The summed E-state index contributed by atoms with van der Waals surface area (Å²) in [7, 11) is -3.17. The van der Waals surface area contributed by atoms with E-state index in [1.54, 1.807) is 42.5 Å². The Hall–Kier alpha value is -2.01. The molecule has 0 saturated heterocycles. The second-order valence-electron chi connectivity index (χ2n) is 4.76. The zero-order valence-electron chi connectivity index (χ0n) is 11.4. The molecule has 0 radical (unpaired) electrons. The third kappa shape index (κ3) is 3.51. The van der Waals surface area contributed by atoms with Crippen LogP contribution < -0.4 is 5.32 Å². The quantitative estimate of drug-likeness (QED) is 0.909. The summed E-state index contributed by atoms with van der Waals surface area (Å²) in [5.41, 5.74) is 1.78.